The molecule has 0 atom stereocenters. The van der Waals surface area contributed by atoms with E-state index in [1.165, 1.54) is 30.6 Å². The SMILES string of the molecule is CCCCn1c(=O)c2c(OC)c(C(=O)N(CC)C3CCCCC3)sc2c2ccccc21. The summed E-state index contributed by atoms with van der Waals surface area (Å²) in [5.74, 6) is 0.441. The first-order valence-electron chi connectivity index (χ1n) is 11.5. The van der Waals surface area contributed by atoms with Crippen molar-refractivity contribution < 1.29 is 9.53 Å². The number of nitrogens with zero attached hydrogens (tertiary/aromatic N) is 2. The number of benzene rings is 1. The number of carbonyl (C=O) groups excluding carboxylic acids is 1. The van der Waals surface area contributed by atoms with Gasteiger partial charge in [-0.2, -0.15) is 0 Å². The second kappa shape index (κ2) is 9.43. The summed E-state index contributed by atoms with van der Waals surface area (Å²) in [4.78, 5) is 29.8. The van der Waals surface area contributed by atoms with Crippen molar-refractivity contribution in [3.8, 4) is 5.75 Å². The number of para-hydroxylation sites is 1. The summed E-state index contributed by atoms with van der Waals surface area (Å²) in [5.41, 5.74) is 0.867. The summed E-state index contributed by atoms with van der Waals surface area (Å²) >= 11 is 1.41. The van der Waals surface area contributed by atoms with E-state index in [-0.39, 0.29) is 17.5 Å². The molecule has 1 saturated carbocycles. The van der Waals surface area contributed by atoms with Crippen molar-refractivity contribution in [2.45, 2.75) is 71.4 Å². The Morgan fingerprint density at radius 1 is 1.19 bits per heavy atom. The molecule has 2 aromatic heterocycles. The van der Waals surface area contributed by atoms with E-state index in [9.17, 15) is 9.59 Å². The van der Waals surface area contributed by atoms with Gasteiger partial charge in [-0.15, -0.1) is 11.3 Å². The number of fused-ring (bicyclic) bond motifs is 3. The zero-order chi connectivity index (χ0) is 22.0. The summed E-state index contributed by atoms with van der Waals surface area (Å²) in [5, 5.41) is 1.56. The number of pyridine rings is 1. The third kappa shape index (κ3) is 3.86. The van der Waals surface area contributed by atoms with Crippen LogP contribution in [0.5, 0.6) is 5.75 Å². The molecule has 3 aromatic rings. The van der Waals surface area contributed by atoms with Gasteiger partial charge in [0.1, 0.15) is 10.3 Å². The molecule has 0 unspecified atom stereocenters. The highest BCUT2D eigenvalue weighted by Crippen LogP contribution is 2.41. The molecule has 1 aliphatic carbocycles. The number of methoxy groups -OCH3 is 1. The topological polar surface area (TPSA) is 51.5 Å². The molecule has 0 bridgehead atoms. The van der Waals surface area contributed by atoms with E-state index in [2.05, 4.69) is 6.92 Å². The van der Waals surface area contributed by atoms with Crippen molar-refractivity contribution in [3.05, 3.63) is 39.5 Å². The Morgan fingerprint density at radius 2 is 1.94 bits per heavy atom. The van der Waals surface area contributed by atoms with E-state index >= 15 is 0 Å². The number of unbranched alkanes of at least 4 members (excludes halogenated alkanes) is 1. The number of rotatable bonds is 7. The van der Waals surface area contributed by atoms with Gasteiger partial charge in [-0.05, 0) is 32.3 Å². The molecule has 166 valence electrons. The summed E-state index contributed by atoms with van der Waals surface area (Å²) < 4.78 is 8.45. The lowest BCUT2D eigenvalue weighted by atomic mass is 9.94. The van der Waals surface area contributed by atoms with E-state index < -0.39 is 0 Å². The van der Waals surface area contributed by atoms with Crippen LogP contribution in [-0.2, 0) is 6.54 Å². The molecule has 1 aromatic carbocycles. The minimum atomic E-state index is -0.0602. The van der Waals surface area contributed by atoms with Crippen LogP contribution >= 0.6 is 11.3 Å². The number of carbonyl (C=O) groups is 1. The third-order valence-corrected chi connectivity index (χ3v) is 7.71. The Bertz CT molecular complexity index is 1140. The Kier molecular flexibility index (Phi) is 6.65. The Hall–Kier alpha value is -2.34. The third-order valence-electron chi connectivity index (χ3n) is 6.51. The number of aryl methyl sites for hydroxylation is 1. The van der Waals surface area contributed by atoms with Crippen molar-refractivity contribution in [2.24, 2.45) is 0 Å². The number of hydrogen-bond donors (Lipinski definition) is 0. The van der Waals surface area contributed by atoms with Crippen molar-refractivity contribution in [2.75, 3.05) is 13.7 Å². The standard InChI is InChI=1S/C25H32N2O3S/c1-4-6-16-27-19-15-11-10-14-18(19)22-20(24(27)28)21(30-3)23(31-22)25(29)26(5-2)17-12-8-7-9-13-17/h10-11,14-15,17H,4-9,12-13,16H2,1-3H3. The second-order valence-corrected chi connectivity index (χ2v) is 9.40. The Labute approximate surface area is 187 Å². The first kappa shape index (κ1) is 21.9. The number of ether oxygens (including phenoxy) is 1. The van der Waals surface area contributed by atoms with Gasteiger partial charge in [-0.3, -0.25) is 9.59 Å². The van der Waals surface area contributed by atoms with Crippen LogP contribution < -0.4 is 10.3 Å². The van der Waals surface area contributed by atoms with E-state index in [4.69, 9.17) is 4.74 Å². The molecule has 0 spiro atoms. The van der Waals surface area contributed by atoms with Gasteiger partial charge in [0.25, 0.3) is 11.5 Å². The second-order valence-electron chi connectivity index (χ2n) is 8.38. The Balaban J connectivity index is 1.91. The average Bonchev–Trinajstić information content (AvgIpc) is 3.20. The van der Waals surface area contributed by atoms with Gasteiger partial charge in [0.15, 0.2) is 5.75 Å². The number of thiophene rings is 1. The van der Waals surface area contributed by atoms with E-state index in [0.717, 1.165) is 41.3 Å². The molecule has 4 rings (SSSR count). The monoisotopic (exact) mass is 440 g/mol. The minimum absolute atomic E-state index is 0.00367. The predicted octanol–water partition coefficient (Wildman–Crippen LogP) is 5.82. The largest absolute Gasteiger partial charge is 0.494 e. The van der Waals surface area contributed by atoms with Gasteiger partial charge >= 0.3 is 0 Å². The van der Waals surface area contributed by atoms with Crippen LogP contribution in [0.25, 0.3) is 21.0 Å². The molecule has 6 heteroatoms. The smallest absolute Gasteiger partial charge is 0.268 e. The summed E-state index contributed by atoms with van der Waals surface area (Å²) in [6.07, 6.45) is 7.64. The molecule has 1 fully saturated rings. The lowest BCUT2D eigenvalue weighted by Crippen LogP contribution is -2.41. The van der Waals surface area contributed by atoms with Gasteiger partial charge < -0.3 is 14.2 Å². The summed E-state index contributed by atoms with van der Waals surface area (Å²) in [6.45, 7) is 5.50. The van der Waals surface area contributed by atoms with Gasteiger partial charge in [0.2, 0.25) is 0 Å². The fourth-order valence-corrected chi connectivity index (χ4v) is 6.16. The van der Waals surface area contributed by atoms with Crippen LogP contribution in [0.4, 0.5) is 0 Å². The maximum absolute atomic E-state index is 13.7. The Morgan fingerprint density at radius 3 is 2.61 bits per heavy atom. The van der Waals surface area contributed by atoms with Crippen LogP contribution in [0, 0.1) is 0 Å². The molecular formula is C25H32N2O3S. The predicted molar refractivity (Wildman–Crippen MR) is 129 cm³/mol. The van der Waals surface area contributed by atoms with Crippen LogP contribution in [0.3, 0.4) is 0 Å². The lowest BCUT2D eigenvalue weighted by Gasteiger charge is -2.33. The lowest BCUT2D eigenvalue weighted by molar-refractivity contribution is 0.0650. The maximum Gasteiger partial charge on any atom is 0.268 e. The molecule has 5 nitrogen and oxygen atoms in total. The molecule has 0 saturated heterocycles. The minimum Gasteiger partial charge on any atom is -0.494 e. The van der Waals surface area contributed by atoms with E-state index in [1.54, 1.807) is 7.11 Å². The molecule has 0 aliphatic heterocycles. The van der Waals surface area contributed by atoms with E-state index in [0.29, 0.717) is 29.1 Å². The first-order chi connectivity index (χ1) is 15.1. The van der Waals surface area contributed by atoms with Gasteiger partial charge in [0, 0.05) is 24.5 Å². The molecule has 1 amide bonds. The zero-order valence-electron chi connectivity index (χ0n) is 18.8. The molecule has 0 radical (unpaired) electrons. The quantitative estimate of drug-likeness (QED) is 0.465. The fourth-order valence-electron chi connectivity index (χ4n) is 4.91. The van der Waals surface area contributed by atoms with Crippen LogP contribution in [0.2, 0.25) is 0 Å². The van der Waals surface area contributed by atoms with Crippen molar-refractivity contribution in [1.29, 1.82) is 0 Å². The van der Waals surface area contributed by atoms with Crippen LogP contribution in [0.15, 0.2) is 29.1 Å². The number of amides is 1. The van der Waals surface area contributed by atoms with Crippen molar-refractivity contribution in [1.82, 2.24) is 9.47 Å². The maximum atomic E-state index is 13.7. The van der Waals surface area contributed by atoms with Crippen LogP contribution in [-0.4, -0.2) is 35.1 Å². The summed E-state index contributed by atoms with van der Waals surface area (Å²) in [7, 11) is 1.57. The van der Waals surface area contributed by atoms with Crippen LogP contribution in [0.1, 0.15) is 68.5 Å². The molecule has 0 N–H and O–H groups in total. The molecule has 2 heterocycles. The fraction of sp³-hybridized carbons (Fsp3) is 0.520. The zero-order valence-corrected chi connectivity index (χ0v) is 19.6. The first-order valence-corrected chi connectivity index (χ1v) is 12.4. The van der Waals surface area contributed by atoms with Gasteiger partial charge in [0.05, 0.1) is 17.3 Å². The molecule has 31 heavy (non-hydrogen) atoms. The average molecular weight is 441 g/mol. The highest BCUT2D eigenvalue weighted by atomic mass is 32.1. The van der Waals surface area contributed by atoms with E-state index in [1.807, 2.05) is 40.7 Å². The normalized spacial score (nSPS) is 14.9. The number of aromatic nitrogens is 1. The van der Waals surface area contributed by atoms with Crippen molar-refractivity contribution in [3.63, 3.8) is 0 Å². The van der Waals surface area contributed by atoms with Gasteiger partial charge in [-0.25, -0.2) is 0 Å². The highest BCUT2D eigenvalue weighted by molar-refractivity contribution is 7.22. The van der Waals surface area contributed by atoms with Crippen molar-refractivity contribution >= 4 is 38.2 Å². The highest BCUT2D eigenvalue weighted by Gasteiger charge is 2.31. The number of hydrogen-bond acceptors (Lipinski definition) is 4. The molecule has 1 aliphatic rings. The van der Waals surface area contributed by atoms with Gasteiger partial charge in [-0.1, -0.05) is 50.8 Å². The molecular weight excluding hydrogens is 408 g/mol. The summed E-state index contributed by atoms with van der Waals surface area (Å²) in [6, 6.07) is 8.28.